The lowest BCUT2D eigenvalue weighted by Gasteiger charge is -2.34. The third kappa shape index (κ3) is 2.97. The fourth-order valence-electron chi connectivity index (χ4n) is 2.34. The van der Waals surface area contributed by atoms with Crippen molar-refractivity contribution in [1.82, 2.24) is 4.90 Å². The van der Waals surface area contributed by atoms with Gasteiger partial charge in [0.1, 0.15) is 6.04 Å². The van der Waals surface area contributed by atoms with Crippen molar-refractivity contribution >= 4 is 11.8 Å². The van der Waals surface area contributed by atoms with E-state index in [0.29, 0.717) is 31.7 Å². The van der Waals surface area contributed by atoms with E-state index in [4.69, 9.17) is 16.2 Å². The van der Waals surface area contributed by atoms with Gasteiger partial charge in [-0.2, -0.15) is 0 Å². The fourth-order valence-corrected chi connectivity index (χ4v) is 2.34. The summed E-state index contributed by atoms with van der Waals surface area (Å²) in [6.07, 6.45) is 0.619. The standard InChI is InChI=1S/C14H19N3O3/c15-6-5-10-3-1-2-4-11(10)14(19)17-7-8-20-9-12(17)13(16)18/h1-4,12H,5-9,15H2,(H2,16,18). The van der Waals surface area contributed by atoms with Crippen LogP contribution in [-0.4, -0.2) is 49.1 Å². The van der Waals surface area contributed by atoms with Crippen molar-refractivity contribution in [1.29, 1.82) is 0 Å². The first kappa shape index (κ1) is 14.5. The SMILES string of the molecule is NCCc1ccccc1C(=O)N1CCOCC1C(N)=O. The molecule has 1 atom stereocenters. The van der Waals surface area contributed by atoms with Gasteiger partial charge in [-0.3, -0.25) is 9.59 Å². The van der Waals surface area contributed by atoms with Crippen LogP contribution >= 0.6 is 0 Å². The van der Waals surface area contributed by atoms with Gasteiger partial charge in [0.25, 0.3) is 5.91 Å². The lowest BCUT2D eigenvalue weighted by molar-refractivity contribution is -0.127. The Morgan fingerprint density at radius 3 is 2.80 bits per heavy atom. The summed E-state index contributed by atoms with van der Waals surface area (Å²) in [5.41, 5.74) is 12.4. The first-order valence-corrected chi connectivity index (χ1v) is 6.61. The van der Waals surface area contributed by atoms with Crippen molar-refractivity contribution in [2.24, 2.45) is 11.5 Å². The first-order chi connectivity index (χ1) is 9.65. The number of hydrogen-bond donors (Lipinski definition) is 2. The van der Waals surface area contributed by atoms with Crippen molar-refractivity contribution in [3.05, 3.63) is 35.4 Å². The van der Waals surface area contributed by atoms with Crippen LogP contribution in [0.3, 0.4) is 0 Å². The maximum Gasteiger partial charge on any atom is 0.254 e. The van der Waals surface area contributed by atoms with E-state index >= 15 is 0 Å². The van der Waals surface area contributed by atoms with E-state index in [2.05, 4.69) is 0 Å². The molecule has 1 unspecified atom stereocenters. The topological polar surface area (TPSA) is 98.7 Å². The van der Waals surface area contributed by atoms with Gasteiger partial charge in [-0.15, -0.1) is 0 Å². The van der Waals surface area contributed by atoms with Gasteiger partial charge in [0.2, 0.25) is 5.91 Å². The molecule has 2 amide bonds. The van der Waals surface area contributed by atoms with Crippen molar-refractivity contribution in [2.75, 3.05) is 26.3 Å². The summed E-state index contributed by atoms with van der Waals surface area (Å²) in [7, 11) is 0. The van der Waals surface area contributed by atoms with Gasteiger partial charge < -0.3 is 21.1 Å². The van der Waals surface area contributed by atoms with Gasteiger partial charge in [-0.1, -0.05) is 18.2 Å². The molecule has 2 rings (SSSR count). The minimum Gasteiger partial charge on any atom is -0.377 e. The van der Waals surface area contributed by atoms with Crippen molar-refractivity contribution in [3.63, 3.8) is 0 Å². The molecule has 20 heavy (non-hydrogen) atoms. The summed E-state index contributed by atoms with van der Waals surface area (Å²) in [4.78, 5) is 25.6. The Labute approximate surface area is 117 Å². The summed E-state index contributed by atoms with van der Waals surface area (Å²) in [5, 5.41) is 0. The third-order valence-corrected chi connectivity index (χ3v) is 3.38. The molecule has 1 fully saturated rings. The predicted molar refractivity (Wildman–Crippen MR) is 74.0 cm³/mol. The van der Waals surface area contributed by atoms with E-state index in [9.17, 15) is 9.59 Å². The Kier molecular flexibility index (Phi) is 4.70. The molecule has 0 radical (unpaired) electrons. The van der Waals surface area contributed by atoms with E-state index in [-0.39, 0.29) is 12.5 Å². The van der Waals surface area contributed by atoms with Crippen LogP contribution < -0.4 is 11.5 Å². The smallest absolute Gasteiger partial charge is 0.254 e. The van der Waals surface area contributed by atoms with Crippen LogP contribution in [-0.2, 0) is 16.0 Å². The second-order valence-electron chi connectivity index (χ2n) is 4.69. The molecule has 1 saturated heterocycles. The molecule has 1 aromatic rings. The molecule has 0 saturated carbocycles. The molecular weight excluding hydrogens is 258 g/mol. The minimum atomic E-state index is -0.706. The fraction of sp³-hybridized carbons (Fsp3) is 0.429. The summed E-state index contributed by atoms with van der Waals surface area (Å²) in [6.45, 7) is 1.39. The molecule has 0 aliphatic carbocycles. The molecule has 6 heteroatoms. The highest BCUT2D eigenvalue weighted by atomic mass is 16.5. The molecule has 0 spiro atoms. The zero-order valence-corrected chi connectivity index (χ0v) is 11.2. The van der Waals surface area contributed by atoms with E-state index in [0.717, 1.165) is 5.56 Å². The molecular formula is C14H19N3O3. The van der Waals surface area contributed by atoms with Crippen LogP contribution in [0.5, 0.6) is 0 Å². The summed E-state index contributed by atoms with van der Waals surface area (Å²) < 4.78 is 5.22. The van der Waals surface area contributed by atoms with E-state index < -0.39 is 11.9 Å². The number of primary amides is 1. The number of benzene rings is 1. The van der Waals surface area contributed by atoms with Gasteiger partial charge in [0.05, 0.1) is 13.2 Å². The average molecular weight is 277 g/mol. The normalized spacial score (nSPS) is 18.9. The average Bonchev–Trinajstić information content (AvgIpc) is 2.47. The number of nitrogens with two attached hydrogens (primary N) is 2. The molecule has 1 aliphatic rings. The number of ether oxygens (including phenoxy) is 1. The molecule has 1 aliphatic heterocycles. The zero-order chi connectivity index (χ0) is 14.5. The first-order valence-electron chi connectivity index (χ1n) is 6.61. The van der Waals surface area contributed by atoms with Gasteiger partial charge in [0, 0.05) is 12.1 Å². The molecule has 108 valence electrons. The second kappa shape index (κ2) is 6.49. The monoisotopic (exact) mass is 277 g/mol. The van der Waals surface area contributed by atoms with Crippen LogP contribution in [0.25, 0.3) is 0 Å². The molecule has 0 aromatic heterocycles. The van der Waals surface area contributed by atoms with Gasteiger partial charge in [0.15, 0.2) is 0 Å². The van der Waals surface area contributed by atoms with Crippen LogP contribution in [0, 0.1) is 0 Å². The van der Waals surface area contributed by atoms with E-state index in [1.807, 2.05) is 12.1 Å². The Hall–Kier alpha value is -1.92. The van der Waals surface area contributed by atoms with Crippen molar-refractivity contribution < 1.29 is 14.3 Å². The predicted octanol–water partition coefficient (Wildman–Crippen LogP) is -0.486. The molecule has 1 aromatic carbocycles. The zero-order valence-electron chi connectivity index (χ0n) is 11.2. The van der Waals surface area contributed by atoms with Crippen molar-refractivity contribution in [2.45, 2.75) is 12.5 Å². The number of carbonyl (C=O) groups excluding carboxylic acids is 2. The van der Waals surface area contributed by atoms with E-state index in [1.54, 1.807) is 12.1 Å². The summed E-state index contributed by atoms with van der Waals surface area (Å²) in [5.74, 6) is -0.740. The van der Waals surface area contributed by atoms with Gasteiger partial charge in [-0.05, 0) is 24.6 Å². The number of hydrogen-bond acceptors (Lipinski definition) is 4. The lowest BCUT2D eigenvalue weighted by Crippen LogP contribution is -2.54. The van der Waals surface area contributed by atoms with Crippen molar-refractivity contribution in [3.8, 4) is 0 Å². The van der Waals surface area contributed by atoms with Crippen LogP contribution in [0.2, 0.25) is 0 Å². The van der Waals surface area contributed by atoms with Gasteiger partial charge >= 0.3 is 0 Å². The molecule has 0 bridgehead atoms. The Morgan fingerprint density at radius 1 is 1.35 bits per heavy atom. The second-order valence-corrected chi connectivity index (χ2v) is 4.69. The maximum atomic E-state index is 12.6. The van der Waals surface area contributed by atoms with Crippen LogP contribution in [0.4, 0.5) is 0 Å². The van der Waals surface area contributed by atoms with E-state index in [1.165, 1.54) is 4.90 Å². The molecule has 4 N–H and O–H groups in total. The number of nitrogens with zero attached hydrogens (tertiary/aromatic N) is 1. The highest BCUT2D eigenvalue weighted by Crippen LogP contribution is 2.16. The quantitative estimate of drug-likeness (QED) is 0.776. The number of morpholine rings is 1. The van der Waals surface area contributed by atoms with Crippen LogP contribution in [0.15, 0.2) is 24.3 Å². The number of carbonyl (C=O) groups is 2. The van der Waals surface area contributed by atoms with Gasteiger partial charge in [-0.25, -0.2) is 0 Å². The Morgan fingerprint density at radius 2 is 2.10 bits per heavy atom. The summed E-state index contributed by atoms with van der Waals surface area (Å²) in [6, 6.07) is 6.59. The number of amides is 2. The highest BCUT2D eigenvalue weighted by Gasteiger charge is 2.32. The number of rotatable bonds is 4. The Balaban J connectivity index is 2.27. The highest BCUT2D eigenvalue weighted by molar-refractivity contribution is 5.98. The maximum absolute atomic E-state index is 12.6. The third-order valence-electron chi connectivity index (χ3n) is 3.38. The molecule has 1 heterocycles. The van der Waals surface area contributed by atoms with Crippen LogP contribution in [0.1, 0.15) is 15.9 Å². The molecule has 6 nitrogen and oxygen atoms in total. The largest absolute Gasteiger partial charge is 0.377 e. The summed E-state index contributed by atoms with van der Waals surface area (Å²) >= 11 is 0. The Bertz CT molecular complexity index is 504. The lowest BCUT2D eigenvalue weighted by atomic mass is 10.0. The minimum absolute atomic E-state index is 0.153.